The zero-order chi connectivity index (χ0) is 20.4. The first-order valence-electron chi connectivity index (χ1n) is 9.28. The maximum atomic E-state index is 11.3. The summed E-state index contributed by atoms with van der Waals surface area (Å²) in [6, 6.07) is 13.4. The smallest absolute Gasteiger partial charge is 0.307 e. The number of benzene rings is 1. The second-order valence-electron chi connectivity index (χ2n) is 6.84. The lowest BCUT2D eigenvalue weighted by Crippen LogP contribution is -2.01. The Morgan fingerprint density at radius 3 is 2.69 bits per heavy atom. The molecule has 4 aromatic rings. The fourth-order valence-corrected chi connectivity index (χ4v) is 3.94. The number of oxazole rings is 1. The third-order valence-electron chi connectivity index (χ3n) is 4.75. The van der Waals surface area contributed by atoms with Gasteiger partial charge in [-0.1, -0.05) is 29.5 Å². The number of aryl methyl sites for hydroxylation is 2. The van der Waals surface area contributed by atoms with Crippen LogP contribution in [0.5, 0.6) is 5.88 Å². The summed E-state index contributed by atoms with van der Waals surface area (Å²) < 4.78 is 5.77. The van der Waals surface area contributed by atoms with Crippen LogP contribution in [-0.2, 0) is 12.8 Å². The van der Waals surface area contributed by atoms with Crippen molar-refractivity contribution in [2.24, 2.45) is 0 Å². The van der Waals surface area contributed by atoms with Crippen molar-refractivity contribution in [3.8, 4) is 17.3 Å². The van der Waals surface area contributed by atoms with E-state index in [0.717, 1.165) is 34.0 Å². The topological polar surface area (TPSA) is 115 Å². The van der Waals surface area contributed by atoms with E-state index < -0.39 is 6.10 Å². The van der Waals surface area contributed by atoms with Crippen molar-refractivity contribution in [3.05, 3.63) is 79.9 Å². The molecule has 150 valence electrons. The third kappa shape index (κ3) is 4.33. The van der Waals surface area contributed by atoms with E-state index >= 15 is 0 Å². The van der Waals surface area contributed by atoms with Gasteiger partial charge in [-0.05, 0) is 44.0 Å². The highest BCUT2D eigenvalue weighted by Crippen LogP contribution is 2.26. The molecule has 0 radical (unpaired) electrons. The molecule has 3 heterocycles. The van der Waals surface area contributed by atoms with Crippen molar-refractivity contribution in [1.82, 2.24) is 15.0 Å². The molecule has 4 rings (SSSR count). The number of nitrogens with zero attached hydrogens (tertiary/aromatic N) is 1. The first-order valence-corrected chi connectivity index (χ1v) is 10.1. The van der Waals surface area contributed by atoms with Crippen LogP contribution in [0.3, 0.4) is 0 Å². The summed E-state index contributed by atoms with van der Waals surface area (Å²) in [6.45, 7) is 1.88. The van der Waals surface area contributed by atoms with Gasteiger partial charge in [-0.25, -0.2) is 4.98 Å². The minimum atomic E-state index is -0.682. The molecule has 0 saturated heterocycles. The number of thiazole rings is 1. The highest BCUT2D eigenvalue weighted by Gasteiger charge is 2.16. The molecule has 0 fully saturated rings. The average molecular weight is 411 g/mol. The monoisotopic (exact) mass is 411 g/mol. The molecule has 0 bridgehead atoms. The van der Waals surface area contributed by atoms with Gasteiger partial charge in [-0.2, -0.15) is 0 Å². The molecule has 0 aliphatic heterocycles. The first-order chi connectivity index (χ1) is 14.0. The molecule has 8 heteroatoms. The van der Waals surface area contributed by atoms with Crippen LogP contribution in [0.1, 0.15) is 40.2 Å². The van der Waals surface area contributed by atoms with Gasteiger partial charge in [0.15, 0.2) is 0 Å². The van der Waals surface area contributed by atoms with Gasteiger partial charge in [0.2, 0.25) is 11.8 Å². The number of H-pyrrole nitrogens is 2. The van der Waals surface area contributed by atoms with Gasteiger partial charge in [0.25, 0.3) is 0 Å². The van der Waals surface area contributed by atoms with Crippen LogP contribution in [0, 0.1) is 6.92 Å². The average Bonchev–Trinajstić information content (AvgIpc) is 3.40. The van der Waals surface area contributed by atoms with Crippen molar-refractivity contribution >= 4 is 11.3 Å². The number of aromatic nitrogens is 3. The van der Waals surface area contributed by atoms with E-state index in [1.807, 2.05) is 49.4 Å². The summed E-state index contributed by atoms with van der Waals surface area (Å²) >= 11 is 0.974. The maximum absolute atomic E-state index is 11.3. The van der Waals surface area contributed by atoms with Gasteiger partial charge in [0.05, 0.1) is 16.7 Å². The minimum Gasteiger partial charge on any atom is -0.494 e. The van der Waals surface area contributed by atoms with E-state index in [2.05, 4.69) is 15.0 Å². The first kappa shape index (κ1) is 19.2. The fourth-order valence-electron chi connectivity index (χ4n) is 3.19. The summed E-state index contributed by atoms with van der Waals surface area (Å²) in [5.74, 6) is 1.23. The van der Waals surface area contributed by atoms with Crippen molar-refractivity contribution in [3.63, 3.8) is 0 Å². The third-order valence-corrected chi connectivity index (χ3v) is 5.62. The molecular formula is C21H21N3O4S. The Hall–Kier alpha value is -3.10. The zero-order valence-electron chi connectivity index (χ0n) is 15.8. The lowest BCUT2D eigenvalue weighted by molar-refractivity contribution is 0.163. The van der Waals surface area contributed by atoms with Crippen molar-refractivity contribution in [2.45, 2.75) is 32.3 Å². The second-order valence-corrected chi connectivity index (χ2v) is 7.91. The van der Waals surface area contributed by atoms with Crippen LogP contribution in [0.2, 0.25) is 0 Å². The normalized spacial score (nSPS) is 12.3. The number of aliphatic hydroxyl groups excluding tert-OH is 1. The van der Waals surface area contributed by atoms with Gasteiger partial charge in [0.1, 0.15) is 5.76 Å². The summed E-state index contributed by atoms with van der Waals surface area (Å²) in [7, 11) is 0. The number of nitrogens with one attached hydrogen (secondary N) is 2. The van der Waals surface area contributed by atoms with Crippen LogP contribution < -0.4 is 4.87 Å². The number of hydrogen-bond donors (Lipinski definition) is 4. The van der Waals surface area contributed by atoms with Crippen LogP contribution in [-0.4, -0.2) is 25.2 Å². The Labute approximate surface area is 170 Å². The van der Waals surface area contributed by atoms with E-state index in [9.17, 15) is 15.0 Å². The lowest BCUT2D eigenvalue weighted by Gasteiger charge is -2.08. The van der Waals surface area contributed by atoms with E-state index in [-0.39, 0.29) is 10.8 Å². The molecule has 1 atom stereocenters. The second kappa shape index (κ2) is 8.10. The number of hydrogen-bond acceptors (Lipinski definition) is 6. The SMILES string of the molecule is Cc1oc(-c2ccccc2)nc1CCC(O)c1ccc(Cc2sc(=O)[nH]c2O)[nH]1. The quantitative estimate of drug-likeness (QED) is 0.370. The van der Waals surface area contributed by atoms with Gasteiger partial charge < -0.3 is 19.6 Å². The maximum Gasteiger partial charge on any atom is 0.307 e. The molecule has 0 aliphatic rings. The summed E-state index contributed by atoms with van der Waals surface area (Å²) in [6.07, 6.45) is 0.783. The van der Waals surface area contributed by atoms with Crippen LogP contribution in [0.25, 0.3) is 11.5 Å². The molecule has 0 saturated carbocycles. The van der Waals surface area contributed by atoms with Crippen LogP contribution >= 0.6 is 11.3 Å². The van der Waals surface area contributed by atoms with Crippen molar-refractivity contribution < 1.29 is 14.6 Å². The summed E-state index contributed by atoms with van der Waals surface area (Å²) in [4.78, 5) is 21.7. The van der Waals surface area contributed by atoms with Gasteiger partial charge in [0, 0.05) is 23.4 Å². The Bertz CT molecular complexity index is 1160. The predicted octanol–water partition coefficient (Wildman–Crippen LogP) is 3.69. The molecule has 1 aromatic carbocycles. The zero-order valence-corrected chi connectivity index (χ0v) is 16.6. The molecule has 3 aromatic heterocycles. The number of rotatable bonds is 7. The van der Waals surface area contributed by atoms with E-state index in [1.165, 1.54) is 0 Å². The molecule has 0 aliphatic carbocycles. The Morgan fingerprint density at radius 2 is 1.97 bits per heavy atom. The van der Waals surface area contributed by atoms with Gasteiger partial charge >= 0.3 is 4.87 Å². The van der Waals surface area contributed by atoms with E-state index in [1.54, 1.807) is 0 Å². The largest absolute Gasteiger partial charge is 0.494 e. The highest BCUT2D eigenvalue weighted by atomic mass is 32.1. The number of aromatic hydroxyl groups is 1. The molecule has 0 amide bonds. The highest BCUT2D eigenvalue weighted by molar-refractivity contribution is 7.09. The molecule has 1 unspecified atom stereocenters. The lowest BCUT2D eigenvalue weighted by atomic mass is 10.1. The minimum absolute atomic E-state index is 0.104. The molecule has 0 spiro atoms. The van der Waals surface area contributed by atoms with Crippen molar-refractivity contribution in [2.75, 3.05) is 0 Å². The molecular weight excluding hydrogens is 390 g/mol. The summed E-state index contributed by atoms with van der Waals surface area (Å²) in [5.41, 5.74) is 3.25. The molecule has 4 N–H and O–H groups in total. The van der Waals surface area contributed by atoms with E-state index in [0.29, 0.717) is 35.7 Å². The Balaban J connectivity index is 1.40. The molecule has 29 heavy (non-hydrogen) atoms. The summed E-state index contributed by atoms with van der Waals surface area (Å²) in [5, 5.41) is 20.2. The van der Waals surface area contributed by atoms with E-state index in [4.69, 9.17) is 4.42 Å². The Morgan fingerprint density at radius 1 is 1.17 bits per heavy atom. The number of aromatic amines is 2. The van der Waals surface area contributed by atoms with Crippen LogP contribution in [0.4, 0.5) is 0 Å². The standard InChI is InChI=1S/C21H21N3O4S/c1-12-15(23-20(28-12)13-5-3-2-4-6-13)9-10-17(25)16-8-7-14(22-16)11-18-19(26)24-21(27)29-18/h2-8,17,22,25-26H,9-11H2,1H3,(H,24,27). The Kier molecular flexibility index (Phi) is 5.37. The fraction of sp³-hybridized carbons (Fsp3) is 0.238. The number of aliphatic hydroxyl groups is 1. The predicted molar refractivity (Wildman–Crippen MR) is 110 cm³/mol. The molecule has 7 nitrogen and oxygen atoms in total. The van der Waals surface area contributed by atoms with Gasteiger partial charge in [-0.15, -0.1) is 0 Å². The van der Waals surface area contributed by atoms with Crippen LogP contribution in [0.15, 0.2) is 51.7 Å². The van der Waals surface area contributed by atoms with Crippen molar-refractivity contribution in [1.29, 1.82) is 0 Å². The van der Waals surface area contributed by atoms with Gasteiger partial charge in [-0.3, -0.25) is 9.78 Å².